The largest absolute Gasteiger partial charge is 0.481 e. The predicted octanol–water partition coefficient (Wildman–Crippen LogP) is 0.960. The molecule has 0 saturated heterocycles. The third-order valence-corrected chi connectivity index (χ3v) is 2.53. The van der Waals surface area contributed by atoms with Gasteiger partial charge >= 0.3 is 11.7 Å². The monoisotopic (exact) mass is 264 g/mol. The van der Waals surface area contributed by atoms with Gasteiger partial charge in [0.25, 0.3) is 0 Å². The molecule has 0 bridgehead atoms. The van der Waals surface area contributed by atoms with Crippen molar-refractivity contribution in [1.82, 2.24) is 0 Å². The maximum absolute atomic E-state index is 10.8. The Kier molecular flexibility index (Phi) is 4.26. The maximum atomic E-state index is 10.8. The van der Waals surface area contributed by atoms with E-state index in [1.54, 1.807) is 18.0 Å². The Morgan fingerprint density at radius 2 is 2.26 bits per heavy atom. The van der Waals surface area contributed by atoms with Crippen molar-refractivity contribution in [3.8, 4) is 6.07 Å². The molecule has 0 fully saturated rings. The highest BCUT2D eigenvalue weighted by Crippen LogP contribution is 2.31. The second-order valence-corrected chi connectivity index (χ2v) is 3.87. The van der Waals surface area contributed by atoms with Crippen LogP contribution in [0.5, 0.6) is 0 Å². The number of nitrogens with zero attached hydrogens (tertiary/aromatic N) is 3. The van der Waals surface area contributed by atoms with Gasteiger partial charge in [-0.1, -0.05) is 0 Å². The Hall–Kier alpha value is -2.82. The molecule has 1 rings (SSSR count). The first-order valence-electron chi connectivity index (χ1n) is 5.27. The summed E-state index contributed by atoms with van der Waals surface area (Å²) in [6.07, 6.45) is -0.0880. The predicted molar refractivity (Wildman–Crippen MR) is 67.7 cm³/mol. The van der Waals surface area contributed by atoms with Crippen molar-refractivity contribution < 1.29 is 14.8 Å². The maximum Gasteiger partial charge on any atom is 0.309 e. The third kappa shape index (κ3) is 3.32. The molecule has 100 valence electrons. The van der Waals surface area contributed by atoms with Crippen LogP contribution in [0.3, 0.4) is 0 Å². The fraction of sp³-hybridized carbons (Fsp3) is 0.273. The minimum absolute atomic E-state index is 0.0880. The molecule has 0 aliphatic heterocycles. The van der Waals surface area contributed by atoms with E-state index in [1.165, 1.54) is 12.1 Å². The molecular formula is C11H12N4O4. The molecule has 0 amide bonds. The number of anilines is 2. The highest BCUT2D eigenvalue weighted by molar-refractivity contribution is 5.74. The van der Waals surface area contributed by atoms with Gasteiger partial charge in [0.15, 0.2) is 0 Å². The molecule has 0 aliphatic carbocycles. The standard InChI is InChI=1S/C11H12N4O4/c1-14(3-2-10(16)17)8-4-7(6-12)11(15(18)19)9(13)5-8/h4-5H,2-3,13H2,1H3,(H,16,17). The van der Waals surface area contributed by atoms with Crippen LogP contribution < -0.4 is 10.6 Å². The van der Waals surface area contributed by atoms with Gasteiger partial charge in [-0.25, -0.2) is 0 Å². The van der Waals surface area contributed by atoms with Crippen LogP contribution in [0.2, 0.25) is 0 Å². The van der Waals surface area contributed by atoms with Gasteiger partial charge in [-0.2, -0.15) is 5.26 Å². The lowest BCUT2D eigenvalue weighted by Gasteiger charge is -2.18. The average Bonchev–Trinajstić information content (AvgIpc) is 2.34. The lowest BCUT2D eigenvalue weighted by Crippen LogP contribution is -2.21. The zero-order chi connectivity index (χ0) is 14.6. The Balaban J connectivity index is 3.12. The van der Waals surface area contributed by atoms with E-state index in [4.69, 9.17) is 16.1 Å². The molecule has 8 heteroatoms. The summed E-state index contributed by atoms with van der Waals surface area (Å²) in [5.41, 5.74) is 5.31. The van der Waals surface area contributed by atoms with Gasteiger partial charge in [-0.05, 0) is 12.1 Å². The summed E-state index contributed by atoms with van der Waals surface area (Å²) >= 11 is 0. The number of nitrogens with two attached hydrogens (primary N) is 1. The highest BCUT2D eigenvalue weighted by Gasteiger charge is 2.20. The Labute approximate surface area is 108 Å². The van der Waals surface area contributed by atoms with E-state index in [2.05, 4.69) is 0 Å². The van der Waals surface area contributed by atoms with Crippen LogP contribution in [0.4, 0.5) is 17.1 Å². The van der Waals surface area contributed by atoms with Gasteiger partial charge < -0.3 is 15.7 Å². The third-order valence-electron chi connectivity index (χ3n) is 2.53. The number of nitrogen functional groups attached to an aromatic ring is 1. The van der Waals surface area contributed by atoms with E-state index in [0.717, 1.165) is 0 Å². The van der Waals surface area contributed by atoms with Crippen LogP contribution >= 0.6 is 0 Å². The number of carboxylic acid groups (broad SMARTS) is 1. The summed E-state index contributed by atoms with van der Waals surface area (Å²) in [5, 5.41) is 28.3. The number of aliphatic carboxylic acids is 1. The molecule has 8 nitrogen and oxygen atoms in total. The van der Waals surface area contributed by atoms with Gasteiger partial charge in [0.05, 0.1) is 11.3 Å². The van der Waals surface area contributed by atoms with Crippen LogP contribution in [0.25, 0.3) is 0 Å². The Morgan fingerprint density at radius 1 is 1.63 bits per heavy atom. The normalized spacial score (nSPS) is 9.68. The second kappa shape index (κ2) is 5.68. The second-order valence-electron chi connectivity index (χ2n) is 3.87. The topological polar surface area (TPSA) is 133 Å². The summed E-state index contributed by atoms with van der Waals surface area (Å²) in [7, 11) is 1.62. The zero-order valence-electron chi connectivity index (χ0n) is 10.2. The molecule has 19 heavy (non-hydrogen) atoms. The van der Waals surface area contributed by atoms with Gasteiger partial charge in [-0.15, -0.1) is 0 Å². The minimum Gasteiger partial charge on any atom is -0.481 e. The fourth-order valence-electron chi connectivity index (χ4n) is 1.54. The minimum atomic E-state index is -0.956. The van der Waals surface area contributed by atoms with Crippen LogP contribution in [0.1, 0.15) is 12.0 Å². The van der Waals surface area contributed by atoms with Crippen molar-refractivity contribution >= 4 is 23.0 Å². The number of nitro benzene ring substituents is 1. The fourth-order valence-corrected chi connectivity index (χ4v) is 1.54. The van der Waals surface area contributed by atoms with Gasteiger partial charge in [-0.3, -0.25) is 14.9 Å². The van der Waals surface area contributed by atoms with E-state index in [0.29, 0.717) is 5.69 Å². The molecule has 0 spiro atoms. The van der Waals surface area contributed by atoms with Crippen LogP contribution in [0, 0.1) is 21.4 Å². The summed E-state index contributed by atoms with van der Waals surface area (Å²) in [4.78, 5) is 22.1. The number of benzene rings is 1. The molecular weight excluding hydrogens is 252 g/mol. The molecule has 1 aromatic rings. The van der Waals surface area contributed by atoms with Crippen LogP contribution in [-0.4, -0.2) is 29.6 Å². The number of nitriles is 1. The van der Waals surface area contributed by atoms with Crippen molar-refractivity contribution in [2.75, 3.05) is 24.2 Å². The Bertz CT molecular complexity index is 565. The molecule has 0 radical (unpaired) electrons. The molecule has 0 heterocycles. The van der Waals surface area contributed by atoms with Crippen molar-refractivity contribution in [1.29, 1.82) is 5.26 Å². The van der Waals surface area contributed by atoms with Crippen LogP contribution in [-0.2, 0) is 4.79 Å². The SMILES string of the molecule is CN(CCC(=O)O)c1cc(N)c([N+](=O)[O-])c(C#N)c1. The zero-order valence-corrected chi connectivity index (χ0v) is 10.2. The smallest absolute Gasteiger partial charge is 0.309 e. The first kappa shape index (κ1) is 14.2. The molecule has 0 aromatic heterocycles. The van der Waals surface area contributed by atoms with Gasteiger partial charge in [0.2, 0.25) is 0 Å². The van der Waals surface area contributed by atoms with Crippen molar-refractivity contribution in [2.45, 2.75) is 6.42 Å². The number of hydrogen-bond donors (Lipinski definition) is 2. The van der Waals surface area contributed by atoms with Gasteiger partial charge in [0, 0.05) is 19.3 Å². The molecule has 0 unspecified atom stereocenters. The van der Waals surface area contributed by atoms with Crippen molar-refractivity contribution in [2.24, 2.45) is 0 Å². The first-order chi connectivity index (χ1) is 8.86. The number of hydrogen-bond acceptors (Lipinski definition) is 6. The quantitative estimate of drug-likeness (QED) is 0.459. The van der Waals surface area contributed by atoms with E-state index in [9.17, 15) is 14.9 Å². The lowest BCUT2D eigenvalue weighted by atomic mass is 10.1. The lowest BCUT2D eigenvalue weighted by molar-refractivity contribution is -0.384. The van der Waals surface area contributed by atoms with E-state index in [1.807, 2.05) is 0 Å². The van der Waals surface area contributed by atoms with E-state index in [-0.39, 0.29) is 24.2 Å². The summed E-state index contributed by atoms with van der Waals surface area (Å²) in [6, 6.07) is 4.38. The molecule has 0 atom stereocenters. The molecule has 0 aliphatic rings. The first-order valence-corrected chi connectivity index (χ1v) is 5.27. The molecule has 3 N–H and O–H groups in total. The average molecular weight is 264 g/mol. The number of carbonyl (C=O) groups is 1. The van der Waals surface area contributed by atoms with Crippen molar-refractivity contribution in [3.05, 3.63) is 27.8 Å². The number of carboxylic acids is 1. The summed E-state index contributed by atoms with van der Waals surface area (Å²) in [6.45, 7) is 0.206. The summed E-state index contributed by atoms with van der Waals surface area (Å²) in [5.74, 6) is -0.956. The molecule has 0 saturated carbocycles. The number of rotatable bonds is 5. The molecule has 1 aromatic carbocycles. The van der Waals surface area contributed by atoms with E-state index < -0.39 is 16.6 Å². The van der Waals surface area contributed by atoms with Gasteiger partial charge in [0.1, 0.15) is 17.3 Å². The highest BCUT2D eigenvalue weighted by atomic mass is 16.6. The van der Waals surface area contributed by atoms with E-state index >= 15 is 0 Å². The van der Waals surface area contributed by atoms with Crippen molar-refractivity contribution in [3.63, 3.8) is 0 Å². The summed E-state index contributed by atoms with van der Waals surface area (Å²) < 4.78 is 0. The number of nitro groups is 1. The Morgan fingerprint density at radius 3 is 2.74 bits per heavy atom. The van der Waals surface area contributed by atoms with Crippen LogP contribution in [0.15, 0.2) is 12.1 Å².